The molecule has 0 unspecified atom stereocenters. The minimum atomic E-state index is -3.10. The third-order valence-electron chi connectivity index (χ3n) is 4.01. The van der Waals surface area contributed by atoms with Crippen molar-refractivity contribution in [3.63, 3.8) is 0 Å². The van der Waals surface area contributed by atoms with Crippen LogP contribution >= 0.6 is 0 Å². The summed E-state index contributed by atoms with van der Waals surface area (Å²) in [6.07, 6.45) is -3.10. The van der Waals surface area contributed by atoms with E-state index in [9.17, 15) is 18.0 Å². The van der Waals surface area contributed by atoms with Gasteiger partial charge in [-0.3, -0.25) is 4.79 Å². The number of aromatic nitrogens is 2. The van der Waals surface area contributed by atoms with Crippen LogP contribution in [-0.2, 0) is 13.6 Å². The molecule has 5 nitrogen and oxygen atoms in total. The van der Waals surface area contributed by atoms with Crippen LogP contribution in [0, 0.1) is 17.3 Å². The van der Waals surface area contributed by atoms with Gasteiger partial charge in [-0.15, -0.1) is 0 Å². The highest BCUT2D eigenvalue weighted by Gasteiger charge is 2.31. The molecule has 0 fully saturated rings. The smallest absolute Gasteiger partial charge is 0.283 e. The quantitative estimate of drug-likeness (QED) is 0.733. The Labute approximate surface area is 149 Å². The van der Waals surface area contributed by atoms with E-state index in [2.05, 4.69) is 5.10 Å². The molecule has 0 aliphatic rings. The Hall–Kier alpha value is -2.82. The Morgan fingerprint density at radius 3 is 2.58 bits per heavy atom. The molecule has 0 N–H and O–H groups in total. The minimum absolute atomic E-state index is 0.0117. The van der Waals surface area contributed by atoms with Crippen molar-refractivity contribution in [2.75, 3.05) is 6.54 Å². The van der Waals surface area contributed by atoms with Gasteiger partial charge >= 0.3 is 0 Å². The average molecular weight is 364 g/mol. The normalized spacial score (nSPS) is 11.0. The van der Waals surface area contributed by atoms with Crippen LogP contribution in [0.25, 0.3) is 0 Å². The maximum atomic E-state index is 14.2. The number of hydrogen-bond donors (Lipinski definition) is 0. The largest absolute Gasteiger partial charge is 0.321 e. The summed E-state index contributed by atoms with van der Waals surface area (Å²) in [5.41, 5.74) is 0.0211. The van der Waals surface area contributed by atoms with Gasteiger partial charge in [-0.25, -0.2) is 13.5 Å². The molecular weight excluding hydrogens is 345 g/mol. The predicted octanol–water partition coefficient (Wildman–Crippen LogP) is 3.79. The Kier molecular flexibility index (Phi) is 6.03. The van der Waals surface area contributed by atoms with E-state index in [1.807, 2.05) is 32.0 Å². The molecule has 2 aromatic rings. The van der Waals surface area contributed by atoms with Crippen molar-refractivity contribution in [1.29, 1.82) is 5.26 Å². The van der Waals surface area contributed by atoms with Crippen LogP contribution in [0.4, 0.5) is 13.2 Å². The van der Waals surface area contributed by atoms with E-state index >= 15 is 0 Å². The Balaban J connectivity index is 2.43. The topological polar surface area (TPSA) is 61.9 Å². The van der Waals surface area contributed by atoms with E-state index in [-0.39, 0.29) is 19.0 Å². The lowest BCUT2D eigenvalue weighted by atomic mass is 9.97. The van der Waals surface area contributed by atoms with Crippen LogP contribution in [0.15, 0.2) is 24.3 Å². The van der Waals surface area contributed by atoms with Gasteiger partial charge < -0.3 is 4.90 Å². The molecule has 2 rings (SSSR count). The second kappa shape index (κ2) is 8.04. The van der Waals surface area contributed by atoms with Crippen molar-refractivity contribution in [2.24, 2.45) is 7.05 Å². The van der Waals surface area contributed by atoms with Gasteiger partial charge in [0.25, 0.3) is 12.3 Å². The van der Waals surface area contributed by atoms with Crippen LogP contribution in [0.1, 0.15) is 53.4 Å². The van der Waals surface area contributed by atoms with E-state index in [1.165, 1.54) is 0 Å². The highest BCUT2D eigenvalue weighted by atomic mass is 19.3. The summed E-state index contributed by atoms with van der Waals surface area (Å²) in [5.74, 6) is -1.96. The molecule has 1 heterocycles. The van der Waals surface area contributed by atoms with Gasteiger partial charge in [0.1, 0.15) is 17.8 Å². The molecule has 0 atom stereocenters. The molecule has 0 aliphatic carbocycles. The first kappa shape index (κ1) is 19.5. The number of hydrogen-bond acceptors (Lipinski definition) is 3. The fourth-order valence-electron chi connectivity index (χ4n) is 2.76. The van der Waals surface area contributed by atoms with Crippen LogP contribution in [0.2, 0.25) is 0 Å². The predicted molar refractivity (Wildman–Crippen MR) is 89.0 cm³/mol. The molecule has 0 spiro atoms. The first-order valence-electron chi connectivity index (χ1n) is 8.02. The molecule has 0 saturated heterocycles. The average Bonchev–Trinajstić information content (AvgIpc) is 2.89. The summed E-state index contributed by atoms with van der Waals surface area (Å²) in [6, 6.07) is 9.15. The molecule has 0 aliphatic heterocycles. The van der Waals surface area contributed by atoms with Crippen LogP contribution in [0.5, 0.6) is 0 Å². The number of amides is 1. The zero-order chi connectivity index (χ0) is 19.4. The molecule has 138 valence electrons. The second-order valence-electron chi connectivity index (χ2n) is 6.15. The van der Waals surface area contributed by atoms with Crippen molar-refractivity contribution >= 4 is 5.91 Å². The van der Waals surface area contributed by atoms with E-state index in [1.54, 1.807) is 12.1 Å². The summed E-state index contributed by atoms with van der Waals surface area (Å²) in [7, 11) is 1.14. The van der Waals surface area contributed by atoms with Gasteiger partial charge in [-0.05, 0) is 17.0 Å². The SMILES string of the molecule is CC(C)c1ccccc1CN(CC#N)C(=O)c1c(C(F)F)nn(C)c1F. The van der Waals surface area contributed by atoms with Crippen molar-refractivity contribution in [2.45, 2.75) is 32.7 Å². The van der Waals surface area contributed by atoms with Gasteiger partial charge in [0.15, 0.2) is 0 Å². The number of aryl methyl sites for hydroxylation is 1. The van der Waals surface area contributed by atoms with Gasteiger partial charge in [-0.1, -0.05) is 38.1 Å². The number of alkyl halides is 2. The third-order valence-corrected chi connectivity index (χ3v) is 4.01. The fourth-order valence-corrected chi connectivity index (χ4v) is 2.76. The van der Waals surface area contributed by atoms with Crippen LogP contribution in [-0.4, -0.2) is 27.1 Å². The number of nitriles is 1. The molecule has 1 aromatic carbocycles. The summed E-state index contributed by atoms with van der Waals surface area (Å²) in [4.78, 5) is 13.8. The third kappa shape index (κ3) is 3.87. The molecular formula is C18H19F3N4O. The monoisotopic (exact) mass is 364 g/mol. The molecule has 26 heavy (non-hydrogen) atoms. The summed E-state index contributed by atoms with van der Waals surface area (Å²) in [6.45, 7) is 3.61. The summed E-state index contributed by atoms with van der Waals surface area (Å²) < 4.78 is 41.1. The van der Waals surface area contributed by atoms with Gasteiger partial charge in [-0.2, -0.15) is 14.8 Å². The summed E-state index contributed by atoms with van der Waals surface area (Å²) >= 11 is 0. The van der Waals surface area contributed by atoms with E-state index in [0.717, 1.165) is 23.1 Å². The standard InChI is InChI=1S/C18H19F3N4O/c1-11(2)13-7-5-4-6-12(13)10-25(9-8-22)18(26)14-15(16(19)20)23-24(3)17(14)21/h4-7,11,16H,9-10H2,1-3H3. The number of carbonyl (C=O) groups is 1. The highest BCUT2D eigenvalue weighted by molar-refractivity contribution is 5.95. The number of rotatable bonds is 6. The van der Waals surface area contributed by atoms with Crippen molar-refractivity contribution in [3.8, 4) is 6.07 Å². The van der Waals surface area contributed by atoms with Gasteiger partial charge in [0.2, 0.25) is 5.95 Å². The van der Waals surface area contributed by atoms with Crippen LogP contribution < -0.4 is 0 Å². The molecule has 0 radical (unpaired) electrons. The summed E-state index contributed by atoms with van der Waals surface area (Å²) in [5, 5.41) is 12.4. The first-order chi connectivity index (χ1) is 12.3. The molecule has 1 amide bonds. The van der Waals surface area contributed by atoms with Crippen LogP contribution in [0.3, 0.4) is 0 Å². The van der Waals surface area contributed by atoms with E-state index in [0.29, 0.717) is 4.68 Å². The number of halogens is 3. The minimum Gasteiger partial charge on any atom is -0.321 e. The molecule has 0 saturated carbocycles. The van der Waals surface area contributed by atoms with E-state index in [4.69, 9.17) is 5.26 Å². The number of benzene rings is 1. The second-order valence-corrected chi connectivity index (χ2v) is 6.15. The fraction of sp³-hybridized carbons (Fsp3) is 0.389. The zero-order valence-electron chi connectivity index (χ0n) is 14.7. The molecule has 0 bridgehead atoms. The Morgan fingerprint density at radius 2 is 2.00 bits per heavy atom. The number of nitrogens with zero attached hydrogens (tertiary/aromatic N) is 4. The maximum Gasteiger partial charge on any atom is 0.283 e. The van der Waals surface area contributed by atoms with Crippen molar-refractivity contribution < 1.29 is 18.0 Å². The lowest BCUT2D eigenvalue weighted by molar-refractivity contribution is 0.0746. The van der Waals surface area contributed by atoms with Gasteiger partial charge in [0, 0.05) is 13.6 Å². The maximum absolute atomic E-state index is 14.2. The first-order valence-corrected chi connectivity index (χ1v) is 8.02. The lowest BCUT2D eigenvalue weighted by Gasteiger charge is -2.22. The number of carbonyl (C=O) groups excluding carboxylic acids is 1. The van der Waals surface area contributed by atoms with Crippen molar-refractivity contribution in [3.05, 3.63) is 52.6 Å². The zero-order valence-corrected chi connectivity index (χ0v) is 14.7. The lowest BCUT2D eigenvalue weighted by Crippen LogP contribution is -2.32. The van der Waals surface area contributed by atoms with E-state index < -0.39 is 29.5 Å². The van der Waals surface area contributed by atoms with Gasteiger partial charge in [0.05, 0.1) is 6.07 Å². The molecule has 1 aromatic heterocycles. The van der Waals surface area contributed by atoms with Crippen molar-refractivity contribution in [1.82, 2.24) is 14.7 Å². The highest BCUT2D eigenvalue weighted by Crippen LogP contribution is 2.26. The Bertz CT molecular complexity index is 839. The Morgan fingerprint density at radius 1 is 1.35 bits per heavy atom. The molecule has 8 heteroatoms.